The molecule has 2 aromatic rings. The maximum atomic E-state index is 11.6. The Morgan fingerprint density at radius 3 is 2.86 bits per heavy atom. The van der Waals surface area contributed by atoms with Crippen molar-refractivity contribution in [2.24, 2.45) is 0 Å². The Morgan fingerprint density at radius 2 is 2.14 bits per heavy atom. The van der Waals surface area contributed by atoms with E-state index in [-0.39, 0.29) is 5.91 Å². The average molecular weight is 287 g/mol. The second kappa shape index (κ2) is 8.09. The molecule has 1 amide bonds. The number of H-pyrrole nitrogens is 1. The average Bonchev–Trinajstić information content (AvgIpc) is 2.99. The number of hydrogen-bond acceptors (Lipinski definition) is 3. The van der Waals surface area contributed by atoms with Crippen LogP contribution in [0.5, 0.6) is 5.75 Å². The minimum Gasteiger partial charge on any atom is -0.494 e. The molecule has 112 valence electrons. The van der Waals surface area contributed by atoms with Crippen LogP contribution < -0.4 is 10.1 Å². The largest absolute Gasteiger partial charge is 0.494 e. The van der Waals surface area contributed by atoms with Crippen LogP contribution in [-0.4, -0.2) is 29.0 Å². The van der Waals surface area contributed by atoms with Crippen molar-refractivity contribution in [1.29, 1.82) is 0 Å². The van der Waals surface area contributed by atoms with Gasteiger partial charge in [0.15, 0.2) is 0 Å². The van der Waals surface area contributed by atoms with Crippen molar-refractivity contribution in [3.63, 3.8) is 0 Å². The van der Waals surface area contributed by atoms with Crippen LogP contribution in [-0.2, 0) is 11.2 Å². The van der Waals surface area contributed by atoms with Gasteiger partial charge in [-0.15, -0.1) is 0 Å². The van der Waals surface area contributed by atoms with Gasteiger partial charge >= 0.3 is 0 Å². The van der Waals surface area contributed by atoms with Gasteiger partial charge in [0.2, 0.25) is 5.91 Å². The van der Waals surface area contributed by atoms with E-state index in [1.807, 2.05) is 31.2 Å². The van der Waals surface area contributed by atoms with Gasteiger partial charge in [-0.2, -0.15) is 0 Å². The van der Waals surface area contributed by atoms with E-state index >= 15 is 0 Å². The number of aryl methyl sites for hydroxylation is 1. The number of imidazole rings is 1. The maximum absolute atomic E-state index is 11.6. The second-order valence-electron chi connectivity index (χ2n) is 4.94. The fourth-order valence-electron chi connectivity index (χ4n) is 1.90. The summed E-state index contributed by atoms with van der Waals surface area (Å²) in [6.45, 7) is 3.22. The molecular weight excluding hydrogens is 266 g/mol. The first-order chi connectivity index (χ1) is 10.2. The molecule has 21 heavy (non-hydrogen) atoms. The lowest BCUT2D eigenvalue weighted by Gasteiger charge is -2.07. The van der Waals surface area contributed by atoms with E-state index in [9.17, 15) is 4.79 Å². The van der Waals surface area contributed by atoms with Crippen LogP contribution in [0.2, 0.25) is 0 Å². The van der Waals surface area contributed by atoms with Crippen LogP contribution >= 0.6 is 0 Å². The lowest BCUT2D eigenvalue weighted by Crippen LogP contribution is -2.25. The van der Waals surface area contributed by atoms with Gasteiger partial charge in [-0.05, 0) is 25.5 Å². The summed E-state index contributed by atoms with van der Waals surface area (Å²) in [5.74, 6) is 0.905. The number of carbonyl (C=O) groups excluding carboxylic acids is 1. The van der Waals surface area contributed by atoms with Gasteiger partial charge in [-0.3, -0.25) is 4.79 Å². The first-order valence-electron chi connectivity index (χ1n) is 7.17. The highest BCUT2D eigenvalue weighted by atomic mass is 16.5. The highest BCUT2D eigenvalue weighted by molar-refractivity contribution is 5.75. The second-order valence-corrected chi connectivity index (χ2v) is 4.94. The molecular formula is C16H21N3O2. The van der Waals surface area contributed by atoms with Crippen molar-refractivity contribution in [2.75, 3.05) is 13.2 Å². The molecule has 2 N–H and O–H groups in total. The molecule has 1 aromatic carbocycles. The SMILES string of the molecule is Cc1ccc(OCCCC(=O)NCCc2cnc[nH]2)cc1. The quantitative estimate of drug-likeness (QED) is 0.732. The molecule has 0 saturated carbocycles. The molecule has 1 heterocycles. The maximum Gasteiger partial charge on any atom is 0.220 e. The minimum absolute atomic E-state index is 0.0574. The predicted molar refractivity (Wildman–Crippen MR) is 81.2 cm³/mol. The van der Waals surface area contributed by atoms with Gasteiger partial charge in [0.25, 0.3) is 0 Å². The number of benzene rings is 1. The van der Waals surface area contributed by atoms with Crippen molar-refractivity contribution in [1.82, 2.24) is 15.3 Å². The van der Waals surface area contributed by atoms with Crippen LogP contribution in [0, 0.1) is 6.92 Å². The summed E-state index contributed by atoms with van der Waals surface area (Å²) in [6, 6.07) is 7.91. The molecule has 0 radical (unpaired) electrons. The molecule has 0 bridgehead atoms. The number of nitrogens with one attached hydrogen (secondary N) is 2. The predicted octanol–water partition coefficient (Wildman–Crippen LogP) is 2.24. The number of amides is 1. The Bertz CT molecular complexity index is 535. The zero-order valence-electron chi connectivity index (χ0n) is 12.3. The van der Waals surface area contributed by atoms with E-state index in [1.165, 1.54) is 5.56 Å². The van der Waals surface area contributed by atoms with Crippen LogP contribution in [0.1, 0.15) is 24.1 Å². The van der Waals surface area contributed by atoms with Crippen LogP contribution in [0.25, 0.3) is 0 Å². The Morgan fingerprint density at radius 1 is 1.33 bits per heavy atom. The molecule has 1 aromatic heterocycles. The molecule has 0 aliphatic rings. The number of aromatic nitrogens is 2. The van der Waals surface area contributed by atoms with Crippen LogP contribution in [0.3, 0.4) is 0 Å². The van der Waals surface area contributed by atoms with Gasteiger partial charge in [-0.25, -0.2) is 4.98 Å². The zero-order chi connectivity index (χ0) is 14.9. The number of hydrogen-bond donors (Lipinski definition) is 2. The highest BCUT2D eigenvalue weighted by Crippen LogP contribution is 2.11. The number of carbonyl (C=O) groups is 1. The number of ether oxygens (including phenoxy) is 1. The first-order valence-corrected chi connectivity index (χ1v) is 7.17. The third-order valence-electron chi connectivity index (χ3n) is 3.11. The summed E-state index contributed by atoms with van der Waals surface area (Å²) in [6.07, 6.45) is 5.37. The summed E-state index contributed by atoms with van der Waals surface area (Å²) >= 11 is 0. The Labute approximate surface area is 124 Å². The van der Waals surface area contributed by atoms with Gasteiger partial charge in [0.1, 0.15) is 5.75 Å². The molecule has 2 rings (SSSR count). The van der Waals surface area contributed by atoms with E-state index < -0.39 is 0 Å². The van der Waals surface area contributed by atoms with E-state index in [4.69, 9.17) is 4.74 Å². The molecule has 0 aliphatic carbocycles. The highest BCUT2D eigenvalue weighted by Gasteiger charge is 2.02. The topological polar surface area (TPSA) is 67.0 Å². The Hall–Kier alpha value is -2.30. The zero-order valence-corrected chi connectivity index (χ0v) is 12.3. The summed E-state index contributed by atoms with van der Waals surface area (Å²) in [5.41, 5.74) is 2.23. The van der Waals surface area contributed by atoms with Crippen molar-refractivity contribution in [3.05, 3.63) is 48.0 Å². The fraction of sp³-hybridized carbons (Fsp3) is 0.375. The normalized spacial score (nSPS) is 10.3. The lowest BCUT2D eigenvalue weighted by molar-refractivity contribution is -0.121. The van der Waals surface area contributed by atoms with Crippen LogP contribution in [0.15, 0.2) is 36.8 Å². The van der Waals surface area contributed by atoms with Gasteiger partial charge in [-0.1, -0.05) is 17.7 Å². The van der Waals surface area contributed by atoms with Crippen LogP contribution in [0.4, 0.5) is 0 Å². The third kappa shape index (κ3) is 5.69. The molecule has 5 nitrogen and oxygen atoms in total. The summed E-state index contributed by atoms with van der Waals surface area (Å²) in [4.78, 5) is 18.6. The molecule has 5 heteroatoms. The Kier molecular flexibility index (Phi) is 5.82. The first kappa shape index (κ1) is 15.1. The number of nitrogens with zero attached hydrogens (tertiary/aromatic N) is 1. The molecule has 0 fully saturated rings. The van der Waals surface area contributed by atoms with E-state index in [0.29, 0.717) is 26.0 Å². The van der Waals surface area contributed by atoms with Crippen molar-refractivity contribution >= 4 is 5.91 Å². The number of aromatic amines is 1. The summed E-state index contributed by atoms with van der Waals surface area (Å²) in [5, 5.41) is 2.88. The van der Waals surface area contributed by atoms with Gasteiger partial charge < -0.3 is 15.0 Å². The lowest BCUT2D eigenvalue weighted by atomic mass is 10.2. The third-order valence-corrected chi connectivity index (χ3v) is 3.11. The molecule has 0 aliphatic heterocycles. The smallest absolute Gasteiger partial charge is 0.220 e. The molecule has 0 unspecified atom stereocenters. The Balaban J connectivity index is 1.53. The minimum atomic E-state index is 0.0574. The number of rotatable bonds is 8. The molecule has 0 atom stereocenters. The summed E-state index contributed by atoms with van der Waals surface area (Å²) < 4.78 is 5.58. The fourth-order valence-corrected chi connectivity index (χ4v) is 1.90. The van der Waals surface area contributed by atoms with Gasteiger partial charge in [0, 0.05) is 31.3 Å². The van der Waals surface area contributed by atoms with E-state index in [0.717, 1.165) is 17.9 Å². The molecule has 0 saturated heterocycles. The molecule has 0 spiro atoms. The van der Waals surface area contributed by atoms with Crippen molar-refractivity contribution in [3.8, 4) is 5.75 Å². The van der Waals surface area contributed by atoms with Crippen molar-refractivity contribution < 1.29 is 9.53 Å². The van der Waals surface area contributed by atoms with E-state index in [2.05, 4.69) is 15.3 Å². The monoisotopic (exact) mass is 287 g/mol. The van der Waals surface area contributed by atoms with Gasteiger partial charge in [0.05, 0.1) is 12.9 Å². The summed E-state index contributed by atoms with van der Waals surface area (Å²) in [7, 11) is 0. The van der Waals surface area contributed by atoms with E-state index in [1.54, 1.807) is 12.5 Å². The standard InChI is InChI=1S/C16H21N3O2/c1-13-4-6-15(7-5-13)21-10-2-3-16(20)18-9-8-14-11-17-12-19-14/h4-7,11-12H,2-3,8-10H2,1H3,(H,17,19)(H,18,20). The van der Waals surface area contributed by atoms with Crippen molar-refractivity contribution in [2.45, 2.75) is 26.2 Å².